The molecule has 0 saturated carbocycles. The van der Waals surface area contributed by atoms with Crippen molar-refractivity contribution in [3.05, 3.63) is 33.9 Å². The van der Waals surface area contributed by atoms with Crippen molar-refractivity contribution in [2.75, 3.05) is 31.1 Å². The number of nitrogens with one attached hydrogen (secondary N) is 1. The zero-order valence-electron chi connectivity index (χ0n) is 10.2. The highest BCUT2D eigenvalue weighted by Crippen LogP contribution is 2.34. The van der Waals surface area contributed by atoms with E-state index in [-0.39, 0.29) is 12.4 Å². The van der Waals surface area contributed by atoms with Gasteiger partial charge in [0.1, 0.15) is 0 Å². The molecule has 2 heterocycles. The smallest absolute Gasteiger partial charge is 0.0829 e. The van der Waals surface area contributed by atoms with Crippen molar-refractivity contribution in [3.8, 4) is 0 Å². The number of hydrogen-bond acceptors (Lipinski definition) is 3. The number of piperazine rings is 1. The molecule has 0 unspecified atom stereocenters. The lowest BCUT2D eigenvalue weighted by molar-refractivity contribution is 0.590. The van der Waals surface area contributed by atoms with Crippen LogP contribution in [0.4, 0.5) is 5.69 Å². The number of hydrogen-bond donors (Lipinski definition) is 1. The maximum Gasteiger partial charge on any atom is 0.0829 e. The summed E-state index contributed by atoms with van der Waals surface area (Å²) in [5.74, 6) is 0. The molecule has 2 aromatic rings. The number of rotatable bonds is 1. The van der Waals surface area contributed by atoms with Crippen LogP contribution in [0.25, 0.3) is 10.9 Å². The Labute approximate surface area is 131 Å². The third kappa shape index (κ3) is 2.97. The van der Waals surface area contributed by atoms with E-state index < -0.39 is 0 Å². The Morgan fingerprint density at radius 2 is 2.00 bits per heavy atom. The highest BCUT2D eigenvalue weighted by molar-refractivity contribution is 9.10. The minimum Gasteiger partial charge on any atom is -0.367 e. The summed E-state index contributed by atoms with van der Waals surface area (Å²) in [6.07, 6.45) is 1.75. The first kappa shape index (κ1) is 14.9. The van der Waals surface area contributed by atoms with Crippen molar-refractivity contribution in [2.24, 2.45) is 0 Å². The number of aromatic nitrogens is 1. The average Bonchev–Trinajstić information content (AvgIpc) is 2.39. The van der Waals surface area contributed by atoms with Crippen LogP contribution in [0.15, 0.2) is 28.9 Å². The largest absolute Gasteiger partial charge is 0.367 e. The van der Waals surface area contributed by atoms with E-state index >= 15 is 0 Å². The van der Waals surface area contributed by atoms with Gasteiger partial charge in [0.05, 0.1) is 16.2 Å². The highest BCUT2D eigenvalue weighted by atomic mass is 79.9. The van der Waals surface area contributed by atoms with E-state index in [1.807, 2.05) is 12.1 Å². The van der Waals surface area contributed by atoms with Gasteiger partial charge in [-0.2, -0.15) is 0 Å². The molecular weight excluding hydrogens is 349 g/mol. The van der Waals surface area contributed by atoms with Crippen LogP contribution in [0.1, 0.15) is 0 Å². The molecule has 102 valence electrons. The van der Waals surface area contributed by atoms with Crippen LogP contribution in [0.2, 0.25) is 5.02 Å². The maximum absolute atomic E-state index is 6.35. The van der Waals surface area contributed by atoms with Gasteiger partial charge in [-0.05, 0) is 18.2 Å². The topological polar surface area (TPSA) is 28.2 Å². The average molecular weight is 363 g/mol. The summed E-state index contributed by atoms with van der Waals surface area (Å²) in [5, 5.41) is 5.19. The van der Waals surface area contributed by atoms with Crippen molar-refractivity contribution in [1.82, 2.24) is 10.3 Å². The molecule has 0 atom stereocenters. The van der Waals surface area contributed by atoms with Gasteiger partial charge < -0.3 is 10.2 Å². The summed E-state index contributed by atoms with van der Waals surface area (Å²) >= 11 is 9.86. The molecular formula is C13H14BrCl2N3. The van der Waals surface area contributed by atoms with E-state index in [0.717, 1.165) is 52.3 Å². The molecule has 6 heteroatoms. The Morgan fingerprint density at radius 1 is 1.26 bits per heavy atom. The van der Waals surface area contributed by atoms with Crippen LogP contribution in [-0.4, -0.2) is 31.2 Å². The molecule has 3 nitrogen and oxygen atoms in total. The lowest BCUT2D eigenvalue weighted by Gasteiger charge is -2.31. The molecule has 1 fully saturated rings. The van der Waals surface area contributed by atoms with E-state index in [2.05, 4.69) is 37.2 Å². The summed E-state index contributed by atoms with van der Waals surface area (Å²) in [6.45, 7) is 3.94. The van der Waals surface area contributed by atoms with Gasteiger partial charge in [-0.15, -0.1) is 12.4 Å². The molecule has 19 heavy (non-hydrogen) atoms. The summed E-state index contributed by atoms with van der Waals surface area (Å²) in [6, 6.07) is 6.11. The summed E-state index contributed by atoms with van der Waals surface area (Å²) in [4.78, 5) is 6.71. The van der Waals surface area contributed by atoms with Gasteiger partial charge in [0.15, 0.2) is 0 Å². The maximum atomic E-state index is 6.35. The van der Waals surface area contributed by atoms with Gasteiger partial charge in [0.25, 0.3) is 0 Å². The Kier molecular flexibility index (Phi) is 4.90. The molecule has 1 aliphatic rings. The molecule has 0 spiro atoms. The monoisotopic (exact) mass is 361 g/mol. The fraction of sp³-hybridized carbons (Fsp3) is 0.308. The van der Waals surface area contributed by atoms with E-state index in [0.29, 0.717) is 0 Å². The van der Waals surface area contributed by atoms with Gasteiger partial charge in [-0.3, -0.25) is 4.98 Å². The summed E-state index contributed by atoms with van der Waals surface area (Å²) in [7, 11) is 0. The predicted octanol–water partition coefficient (Wildman–Crippen LogP) is 3.48. The van der Waals surface area contributed by atoms with Crippen molar-refractivity contribution in [2.45, 2.75) is 0 Å². The molecule has 1 aliphatic heterocycles. The number of halogens is 3. The van der Waals surface area contributed by atoms with Crippen LogP contribution in [0.3, 0.4) is 0 Å². The number of benzene rings is 1. The Morgan fingerprint density at radius 3 is 2.74 bits per heavy atom. The van der Waals surface area contributed by atoms with Gasteiger partial charge in [-0.25, -0.2) is 0 Å². The Hall–Kier alpha value is -0.550. The Bertz CT molecular complexity index is 580. The van der Waals surface area contributed by atoms with Crippen LogP contribution in [0, 0.1) is 0 Å². The number of pyridine rings is 1. The number of anilines is 1. The first-order chi connectivity index (χ1) is 8.75. The lowest BCUT2D eigenvalue weighted by Crippen LogP contribution is -2.43. The molecule has 1 aromatic carbocycles. The van der Waals surface area contributed by atoms with Gasteiger partial charge in [-0.1, -0.05) is 27.5 Å². The fourth-order valence-corrected chi connectivity index (χ4v) is 2.97. The zero-order chi connectivity index (χ0) is 12.5. The fourth-order valence-electron chi connectivity index (χ4n) is 2.34. The first-order valence-electron chi connectivity index (χ1n) is 5.95. The van der Waals surface area contributed by atoms with Crippen LogP contribution in [0.5, 0.6) is 0 Å². The molecule has 0 radical (unpaired) electrons. The highest BCUT2D eigenvalue weighted by Gasteiger charge is 2.17. The summed E-state index contributed by atoms with van der Waals surface area (Å²) in [5.41, 5.74) is 2.08. The van der Waals surface area contributed by atoms with Crippen molar-refractivity contribution in [3.63, 3.8) is 0 Å². The van der Waals surface area contributed by atoms with Gasteiger partial charge in [0, 0.05) is 42.2 Å². The van der Waals surface area contributed by atoms with Crippen LogP contribution < -0.4 is 10.2 Å². The second-order valence-electron chi connectivity index (χ2n) is 4.35. The molecule has 1 aromatic heterocycles. The number of fused-ring (bicyclic) bond motifs is 1. The molecule has 1 N–H and O–H groups in total. The molecule has 0 amide bonds. The predicted molar refractivity (Wildman–Crippen MR) is 86.8 cm³/mol. The first-order valence-corrected chi connectivity index (χ1v) is 7.12. The van der Waals surface area contributed by atoms with E-state index in [4.69, 9.17) is 11.6 Å². The van der Waals surface area contributed by atoms with Gasteiger partial charge in [0.2, 0.25) is 0 Å². The van der Waals surface area contributed by atoms with E-state index in [9.17, 15) is 0 Å². The lowest BCUT2D eigenvalue weighted by atomic mass is 10.1. The molecule has 0 bridgehead atoms. The standard InChI is InChI=1S/C13H13BrClN3.ClH/c14-9-1-2-12-10(7-9)13(11(15)8-17-12)18-5-3-16-4-6-18;/h1-2,7-8,16H,3-6H2;1H. The van der Waals surface area contributed by atoms with Crippen molar-refractivity contribution < 1.29 is 0 Å². The second-order valence-corrected chi connectivity index (χ2v) is 5.68. The quantitative estimate of drug-likeness (QED) is 0.841. The molecule has 0 aliphatic carbocycles. The zero-order valence-corrected chi connectivity index (χ0v) is 13.4. The third-order valence-corrected chi connectivity index (χ3v) is 3.96. The SMILES string of the molecule is Cl.Clc1cnc2ccc(Br)cc2c1N1CCNCC1. The number of nitrogens with zero attached hydrogens (tertiary/aromatic N) is 2. The second kappa shape index (κ2) is 6.27. The third-order valence-electron chi connectivity index (χ3n) is 3.19. The minimum atomic E-state index is 0. The summed E-state index contributed by atoms with van der Waals surface area (Å²) < 4.78 is 1.05. The molecule has 1 saturated heterocycles. The van der Waals surface area contributed by atoms with Crippen molar-refractivity contribution >= 4 is 56.5 Å². The molecule has 3 rings (SSSR count). The van der Waals surface area contributed by atoms with Crippen LogP contribution in [-0.2, 0) is 0 Å². The van der Waals surface area contributed by atoms with E-state index in [1.165, 1.54) is 0 Å². The van der Waals surface area contributed by atoms with Gasteiger partial charge >= 0.3 is 0 Å². The normalized spacial score (nSPS) is 15.4. The van der Waals surface area contributed by atoms with Crippen LogP contribution >= 0.6 is 39.9 Å². The van der Waals surface area contributed by atoms with E-state index in [1.54, 1.807) is 6.20 Å². The Balaban J connectivity index is 0.00000133. The minimum absolute atomic E-state index is 0. The van der Waals surface area contributed by atoms with Crippen molar-refractivity contribution in [1.29, 1.82) is 0 Å².